The van der Waals surface area contributed by atoms with Crippen LogP contribution in [0.4, 0.5) is 4.79 Å². The van der Waals surface area contributed by atoms with Gasteiger partial charge in [-0.1, -0.05) is 0 Å². The van der Waals surface area contributed by atoms with Gasteiger partial charge >= 0.3 is 6.09 Å². The number of nitrogens with two attached hydrogens (primary N) is 1. The van der Waals surface area contributed by atoms with Gasteiger partial charge in [0.15, 0.2) is 9.84 Å². The highest BCUT2D eigenvalue weighted by molar-refractivity contribution is 7.91. The predicted octanol–water partition coefficient (Wildman–Crippen LogP) is -0.117. The van der Waals surface area contributed by atoms with Crippen molar-refractivity contribution in [2.24, 2.45) is 11.7 Å². The molecule has 1 fully saturated rings. The third-order valence-electron chi connectivity index (χ3n) is 2.48. The molecular weight excluding hydrogens is 244 g/mol. The second kappa shape index (κ2) is 4.81. The van der Waals surface area contributed by atoms with Gasteiger partial charge in [0, 0.05) is 5.92 Å². The monoisotopic (exact) mass is 264 g/mol. The van der Waals surface area contributed by atoms with Crippen LogP contribution in [-0.4, -0.2) is 44.2 Å². The van der Waals surface area contributed by atoms with Crippen LogP contribution < -0.4 is 11.1 Å². The van der Waals surface area contributed by atoms with E-state index in [1.54, 1.807) is 20.8 Å². The lowest BCUT2D eigenvalue weighted by Gasteiger charge is -2.23. The Kier molecular flexibility index (Phi) is 4.03. The van der Waals surface area contributed by atoms with Gasteiger partial charge in [0.05, 0.1) is 17.5 Å². The molecule has 0 aromatic rings. The Balaban J connectivity index is 2.60. The summed E-state index contributed by atoms with van der Waals surface area (Å²) in [6.45, 7) is 5.48. The van der Waals surface area contributed by atoms with Crippen LogP contribution in [0.1, 0.15) is 20.8 Å². The number of amides is 1. The Bertz CT molecular complexity index is 386. The Morgan fingerprint density at radius 2 is 2.00 bits per heavy atom. The topological polar surface area (TPSA) is 98.5 Å². The smallest absolute Gasteiger partial charge is 0.407 e. The largest absolute Gasteiger partial charge is 0.444 e. The summed E-state index contributed by atoms with van der Waals surface area (Å²) in [5.74, 6) is -0.259. The van der Waals surface area contributed by atoms with Gasteiger partial charge in [0.1, 0.15) is 5.60 Å². The van der Waals surface area contributed by atoms with Gasteiger partial charge in [-0.25, -0.2) is 13.2 Å². The molecule has 1 saturated heterocycles. The molecule has 0 aromatic carbocycles. The van der Waals surface area contributed by atoms with Gasteiger partial charge < -0.3 is 15.8 Å². The summed E-state index contributed by atoms with van der Waals surface area (Å²) in [5.41, 5.74) is 4.89. The van der Waals surface area contributed by atoms with Crippen LogP contribution in [0.3, 0.4) is 0 Å². The first-order valence-electron chi connectivity index (χ1n) is 5.53. The fourth-order valence-electron chi connectivity index (χ4n) is 1.77. The van der Waals surface area contributed by atoms with E-state index in [0.717, 1.165) is 0 Å². The van der Waals surface area contributed by atoms with E-state index in [1.165, 1.54) is 0 Å². The molecular formula is C10H20N2O4S. The summed E-state index contributed by atoms with van der Waals surface area (Å²) in [4.78, 5) is 11.5. The number of nitrogens with one attached hydrogen (secondary N) is 1. The van der Waals surface area contributed by atoms with E-state index in [4.69, 9.17) is 10.5 Å². The summed E-state index contributed by atoms with van der Waals surface area (Å²) in [6.07, 6.45) is -0.599. The summed E-state index contributed by atoms with van der Waals surface area (Å²) in [5, 5.41) is 2.57. The van der Waals surface area contributed by atoms with E-state index in [9.17, 15) is 13.2 Å². The zero-order chi connectivity index (χ0) is 13.3. The lowest BCUT2D eigenvalue weighted by molar-refractivity contribution is 0.0499. The van der Waals surface area contributed by atoms with E-state index in [-0.39, 0.29) is 24.0 Å². The molecule has 17 heavy (non-hydrogen) atoms. The summed E-state index contributed by atoms with van der Waals surface area (Å²) >= 11 is 0. The molecule has 0 aromatic heterocycles. The van der Waals surface area contributed by atoms with Crippen LogP contribution in [0, 0.1) is 5.92 Å². The zero-order valence-electron chi connectivity index (χ0n) is 10.4. The quantitative estimate of drug-likeness (QED) is 0.724. The molecule has 3 N–H and O–H groups in total. The highest BCUT2D eigenvalue weighted by atomic mass is 32.2. The van der Waals surface area contributed by atoms with Crippen molar-refractivity contribution in [2.45, 2.75) is 32.4 Å². The molecule has 1 amide bonds. The minimum atomic E-state index is -3.10. The minimum Gasteiger partial charge on any atom is -0.444 e. The van der Waals surface area contributed by atoms with E-state index in [2.05, 4.69) is 5.32 Å². The average molecular weight is 264 g/mol. The highest BCUT2D eigenvalue weighted by Crippen LogP contribution is 2.19. The Hall–Kier alpha value is -0.820. The van der Waals surface area contributed by atoms with Crippen molar-refractivity contribution in [3.8, 4) is 0 Å². The molecule has 0 saturated carbocycles. The Labute approximate surface area is 102 Å². The van der Waals surface area contributed by atoms with Crippen LogP contribution in [0.2, 0.25) is 0 Å². The number of carbonyl (C=O) groups is 1. The molecule has 1 rings (SSSR count). The van der Waals surface area contributed by atoms with Gasteiger partial charge in [0.2, 0.25) is 0 Å². The molecule has 1 aliphatic rings. The maximum absolute atomic E-state index is 11.5. The van der Waals surface area contributed by atoms with Gasteiger partial charge in [-0.05, 0) is 27.3 Å². The lowest BCUT2D eigenvalue weighted by atomic mass is 10.0. The van der Waals surface area contributed by atoms with E-state index >= 15 is 0 Å². The molecule has 0 spiro atoms. The molecule has 2 unspecified atom stereocenters. The molecule has 0 bridgehead atoms. The van der Waals surface area contributed by atoms with E-state index in [0.29, 0.717) is 0 Å². The Morgan fingerprint density at radius 3 is 2.47 bits per heavy atom. The summed E-state index contributed by atoms with van der Waals surface area (Å²) < 4.78 is 27.9. The first-order valence-corrected chi connectivity index (χ1v) is 7.35. The number of ether oxygens (including phenoxy) is 1. The van der Waals surface area contributed by atoms with Crippen LogP contribution in [-0.2, 0) is 14.6 Å². The molecule has 7 heteroatoms. The number of carbonyl (C=O) groups excluding carboxylic acids is 1. The van der Waals surface area contributed by atoms with Gasteiger partial charge in [-0.15, -0.1) is 0 Å². The molecule has 6 nitrogen and oxygen atoms in total. The van der Waals surface area contributed by atoms with Crippen molar-refractivity contribution in [1.82, 2.24) is 5.32 Å². The summed E-state index contributed by atoms with van der Waals surface area (Å²) in [6, 6.07) is -0.445. The zero-order valence-corrected chi connectivity index (χ0v) is 11.2. The van der Waals surface area contributed by atoms with Gasteiger partial charge in [-0.3, -0.25) is 0 Å². The third-order valence-corrected chi connectivity index (χ3v) is 4.28. The van der Waals surface area contributed by atoms with Crippen molar-refractivity contribution < 1.29 is 17.9 Å². The SMILES string of the molecule is CC(C)(C)OC(=O)NC1CS(=O)(=O)CC1CN. The van der Waals surface area contributed by atoms with Crippen molar-refractivity contribution in [3.63, 3.8) is 0 Å². The highest BCUT2D eigenvalue weighted by Gasteiger charge is 2.38. The number of alkyl carbamates (subject to hydrolysis) is 1. The second-order valence-corrected chi connectivity index (χ2v) is 7.48. The third kappa shape index (κ3) is 4.51. The lowest BCUT2D eigenvalue weighted by Crippen LogP contribution is -2.44. The van der Waals surface area contributed by atoms with Crippen molar-refractivity contribution in [1.29, 1.82) is 0 Å². The Morgan fingerprint density at radius 1 is 1.41 bits per heavy atom. The molecule has 0 radical (unpaired) electrons. The first-order chi connectivity index (χ1) is 7.63. The molecule has 2 atom stereocenters. The number of hydrogen-bond acceptors (Lipinski definition) is 5. The van der Waals surface area contributed by atoms with E-state index in [1.807, 2.05) is 0 Å². The van der Waals surface area contributed by atoms with Crippen molar-refractivity contribution >= 4 is 15.9 Å². The van der Waals surface area contributed by atoms with Crippen molar-refractivity contribution in [2.75, 3.05) is 18.1 Å². The number of sulfone groups is 1. The maximum atomic E-state index is 11.5. The summed E-state index contributed by atoms with van der Waals surface area (Å²) in [7, 11) is -3.10. The molecule has 1 heterocycles. The van der Waals surface area contributed by atoms with Crippen LogP contribution in [0.5, 0.6) is 0 Å². The molecule has 1 aliphatic heterocycles. The molecule has 100 valence electrons. The van der Waals surface area contributed by atoms with Gasteiger partial charge in [0.25, 0.3) is 0 Å². The van der Waals surface area contributed by atoms with Crippen LogP contribution in [0.15, 0.2) is 0 Å². The fourth-order valence-corrected chi connectivity index (χ4v) is 3.83. The minimum absolute atomic E-state index is 0.0317. The standard InChI is InChI=1S/C10H20N2O4S/c1-10(2,3)16-9(13)12-8-6-17(14,15)5-7(8)4-11/h7-8H,4-6,11H2,1-3H3,(H,12,13). The molecule has 0 aliphatic carbocycles. The first kappa shape index (κ1) is 14.2. The number of hydrogen-bond donors (Lipinski definition) is 2. The average Bonchev–Trinajstić information content (AvgIpc) is 2.36. The normalized spacial score (nSPS) is 27.8. The predicted molar refractivity (Wildman–Crippen MR) is 64.4 cm³/mol. The van der Waals surface area contributed by atoms with E-state index < -0.39 is 27.6 Å². The van der Waals surface area contributed by atoms with Crippen LogP contribution >= 0.6 is 0 Å². The fraction of sp³-hybridized carbons (Fsp3) is 0.900. The second-order valence-electron chi connectivity index (χ2n) is 5.33. The van der Waals surface area contributed by atoms with Crippen molar-refractivity contribution in [3.05, 3.63) is 0 Å². The maximum Gasteiger partial charge on any atom is 0.407 e. The van der Waals surface area contributed by atoms with Gasteiger partial charge in [-0.2, -0.15) is 0 Å². The van der Waals surface area contributed by atoms with Crippen LogP contribution in [0.25, 0.3) is 0 Å². The number of rotatable bonds is 2.